The van der Waals surface area contributed by atoms with E-state index < -0.39 is 11.7 Å². The first kappa shape index (κ1) is 28.8. The lowest BCUT2D eigenvalue weighted by atomic mass is 10.2. The first-order chi connectivity index (χ1) is 17.4. The van der Waals surface area contributed by atoms with E-state index in [0.29, 0.717) is 12.8 Å². The van der Waals surface area contributed by atoms with E-state index in [4.69, 9.17) is 19.9 Å². The molecule has 11 heteroatoms. The van der Waals surface area contributed by atoms with Crippen molar-refractivity contribution in [3.8, 4) is 0 Å². The average Bonchev–Trinajstić information content (AvgIpc) is 3.26. The first-order valence-electron chi connectivity index (χ1n) is 12.4. The molecule has 0 unspecified atom stereocenters. The van der Waals surface area contributed by atoms with Crippen LogP contribution in [0.2, 0.25) is 0 Å². The van der Waals surface area contributed by atoms with E-state index in [1.165, 1.54) is 10.9 Å². The zero-order chi connectivity index (χ0) is 26.2. The lowest BCUT2D eigenvalue weighted by molar-refractivity contribution is -0.157. The standard InChI is InChI=1S/C25H37N5O6/c1-3-5-7-9-11-13-20(31)34-15-19(16-35-21(32)14-12-10-8-6-4-2)36-18-30-17-27-22-23(30)28-25(26)29-24(22)33/h7-10,17,19H,3-6,11-16,18H2,1-2H3,(H3,26,28,29,33). The summed E-state index contributed by atoms with van der Waals surface area (Å²) in [6.45, 7) is 3.92. The molecular formula is C25H37N5O6. The Morgan fingerprint density at radius 1 is 1.00 bits per heavy atom. The van der Waals surface area contributed by atoms with Gasteiger partial charge in [-0.05, 0) is 25.7 Å². The van der Waals surface area contributed by atoms with E-state index in [1.54, 1.807) is 0 Å². The number of allylic oxidation sites excluding steroid dienone is 4. The third kappa shape index (κ3) is 10.4. The van der Waals surface area contributed by atoms with Crippen molar-refractivity contribution in [2.75, 3.05) is 18.9 Å². The molecule has 0 aliphatic heterocycles. The van der Waals surface area contributed by atoms with Gasteiger partial charge in [-0.2, -0.15) is 4.98 Å². The van der Waals surface area contributed by atoms with Crippen molar-refractivity contribution in [3.63, 3.8) is 0 Å². The maximum atomic E-state index is 12.1. The monoisotopic (exact) mass is 503 g/mol. The van der Waals surface area contributed by atoms with Crippen LogP contribution in [0.4, 0.5) is 5.95 Å². The van der Waals surface area contributed by atoms with Gasteiger partial charge in [0.05, 0.1) is 6.33 Å². The van der Waals surface area contributed by atoms with Crippen LogP contribution in [0.5, 0.6) is 0 Å². The SMILES string of the molecule is CCCC=CCCC(=O)OCC(COC(=O)CCC=CCCC)OCn1cnc2c(=O)[nH]c(N)nc21. The molecule has 0 aliphatic carbocycles. The number of imidazole rings is 1. The van der Waals surface area contributed by atoms with Crippen LogP contribution in [0, 0.1) is 0 Å². The Balaban J connectivity index is 1.93. The number of nitrogens with zero attached hydrogens (tertiary/aromatic N) is 3. The fraction of sp³-hybridized carbons (Fsp3) is 0.560. The molecule has 0 aromatic carbocycles. The van der Waals surface area contributed by atoms with Crippen LogP contribution in [-0.2, 0) is 30.5 Å². The summed E-state index contributed by atoms with van der Waals surface area (Å²) >= 11 is 0. The van der Waals surface area contributed by atoms with Crippen LogP contribution in [0.3, 0.4) is 0 Å². The number of nitrogen functional groups attached to an aromatic ring is 1. The molecule has 0 radical (unpaired) electrons. The van der Waals surface area contributed by atoms with Crippen molar-refractivity contribution in [3.05, 3.63) is 41.0 Å². The van der Waals surface area contributed by atoms with Crippen LogP contribution in [0.1, 0.15) is 65.2 Å². The topological polar surface area (TPSA) is 151 Å². The third-order valence-corrected chi connectivity index (χ3v) is 5.08. The van der Waals surface area contributed by atoms with Gasteiger partial charge in [-0.1, -0.05) is 51.0 Å². The summed E-state index contributed by atoms with van der Waals surface area (Å²) < 4.78 is 18.0. The normalized spacial score (nSPS) is 12.5. The molecule has 2 aromatic rings. The summed E-state index contributed by atoms with van der Waals surface area (Å²) in [6.07, 6.45) is 14.4. The van der Waals surface area contributed by atoms with Crippen LogP contribution >= 0.6 is 0 Å². The Bertz CT molecular complexity index is 1040. The number of unbranched alkanes of at least 4 members (excludes halogenated alkanes) is 2. The number of aromatic nitrogens is 4. The van der Waals surface area contributed by atoms with E-state index in [-0.39, 0.29) is 61.8 Å². The molecule has 0 atom stereocenters. The quantitative estimate of drug-likeness (QED) is 0.244. The number of aromatic amines is 1. The maximum absolute atomic E-state index is 12.1. The highest BCUT2D eigenvalue weighted by molar-refractivity contribution is 5.71. The molecule has 3 N–H and O–H groups in total. The number of hydrogen-bond acceptors (Lipinski definition) is 9. The lowest BCUT2D eigenvalue weighted by Crippen LogP contribution is -2.29. The van der Waals surface area contributed by atoms with Crippen LogP contribution < -0.4 is 11.3 Å². The summed E-state index contributed by atoms with van der Waals surface area (Å²) in [6, 6.07) is 0. The molecule has 0 saturated carbocycles. The third-order valence-electron chi connectivity index (χ3n) is 5.08. The van der Waals surface area contributed by atoms with E-state index in [1.807, 2.05) is 24.3 Å². The number of hydrogen-bond donors (Lipinski definition) is 2. The molecule has 198 valence electrons. The molecule has 2 aromatic heterocycles. The van der Waals surface area contributed by atoms with Crippen molar-refractivity contribution < 1.29 is 23.8 Å². The van der Waals surface area contributed by atoms with E-state index in [2.05, 4.69) is 28.8 Å². The smallest absolute Gasteiger partial charge is 0.306 e. The lowest BCUT2D eigenvalue weighted by Gasteiger charge is -2.18. The summed E-state index contributed by atoms with van der Waals surface area (Å²) in [5, 5.41) is 0. The Morgan fingerprint density at radius 3 is 2.11 bits per heavy atom. The minimum atomic E-state index is -0.721. The Hall–Kier alpha value is -3.47. The van der Waals surface area contributed by atoms with Gasteiger partial charge in [-0.15, -0.1) is 0 Å². The predicted molar refractivity (Wildman–Crippen MR) is 136 cm³/mol. The number of fused-ring (bicyclic) bond motifs is 1. The summed E-state index contributed by atoms with van der Waals surface area (Å²) in [5.74, 6) is -0.785. The van der Waals surface area contributed by atoms with E-state index in [0.717, 1.165) is 25.7 Å². The van der Waals surface area contributed by atoms with E-state index >= 15 is 0 Å². The molecule has 0 saturated heterocycles. The number of H-pyrrole nitrogens is 1. The second-order valence-corrected chi connectivity index (χ2v) is 8.22. The van der Waals surface area contributed by atoms with Gasteiger partial charge in [0.1, 0.15) is 26.0 Å². The van der Waals surface area contributed by atoms with Crippen molar-refractivity contribution in [2.24, 2.45) is 0 Å². The minimum Gasteiger partial charge on any atom is -0.463 e. The maximum Gasteiger partial charge on any atom is 0.306 e. The van der Waals surface area contributed by atoms with Crippen molar-refractivity contribution in [1.29, 1.82) is 0 Å². The van der Waals surface area contributed by atoms with Crippen molar-refractivity contribution in [2.45, 2.75) is 78.0 Å². The van der Waals surface area contributed by atoms with Crippen LogP contribution in [0.25, 0.3) is 11.2 Å². The molecular weight excluding hydrogens is 466 g/mol. The second-order valence-electron chi connectivity index (χ2n) is 8.22. The summed E-state index contributed by atoms with van der Waals surface area (Å²) in [4.78, 5) is 46.7. The van der Waals surface area contributed by atoms with Gasteiger partial charge < -0.3 is 19.9 Å². The molecule has 0 spiro atoms. The number of carbonyl (C=O) groups excluding carboxylic acids is 2. The highest BCUT2D eigenvalue weighted by Crippen LogP contribution is 2.09. The number of nitrogens with one attached hydrogen (secondary N) is 1. The molecule has 0 amide bonds. The van der Waals surface area contributed by atoms with Gasteiger partial charge in [0.2, 0.25) is 5.95 Å². The molecule has 0 bridgehead atoms. The molecule has 0 fully saturated rings. The van der Waals surface area contributed by atoms with Gasteiger partial charge >= 0.3 is 11.9 Å². The largest absolute Gasteiger partial charge is 0.463 e. The van der Waals surface area contributed by atoms with Gasteiger partial charge in [0.25, 0.3) is 5.56 Å². The summed E-state index contributed by atoms with van der Waals surface area (Å²) in [7, 11) is 0. The number of nitrogens with two attached hydrogens (primary N) is 1. The fourth-order valence-corrected chi connectivity index (χ4v) is 3.12. The van der Waals surface area contributed by atoms with E-state index in [9.17, 15) is 14.4 Å². The van der Waals surface area contributed by atoms with Gasteiger partial charge in [-0.25, -0.2) is 4.98 Å². The van der Waals surface area contributed by atoms with Gasteiger partial charge in [0, 0.05) is 12.8 Å². The fourth-order valence-electron chi connectivity index (χ4n) is 3.12. The van der Waals surface area contributed by atoms with Gasteiger partial charge in [-0.3, -0.25) is 23.9 Å². The Labute approximate surface area is 210 Å². The van der Waals surface area contributed by atoms with Crippen LogP contribution in [-0.4, -0.2) is 50.8 Å². The predicted octanol–water partition coefficient (Wildman–Crippen LogP) is 3.40. The highest BCUT2D eigenvalue weighted by Gasteiger charge is 2.17. The van der Waals surface area contributed by atoms with Crippen molar-refractivity contribution >= 4 is 29.1 Å². The number of rotatable bonds is 17. The summed E-state index contributed by atoms with van der Waals surface area (Å²) in [5.41, 5.74) is 5.54. The molecule has 0 aliphatic rings. The molecule has 11 nitrogen and oxygen atoms in total. The highest BCUT2D eigenvalue weighted by atomic mass is 16.6. The van der Waals surface area contributed by atoms with Crippen LogP contribution in [0.15, 0.2) is 35.4 Å². The Morgan fingerprint density at radius 2 is 1.56 bits per heavy atom. The number of ether oxygens (including phenoxy) is 3. The number of anilines is 1. The molecule has 2 heterocycles. The zero-order valence-corrected chi connectivity index (χ0v) is 21.1. The second kappa shape index (κ2) is 16.2. The average molecular weight is 504 g/mol. The first-order valence-corrected chi connectivity index (χ1v) is 12.4. The zero-order valence-electron chi connectivity index (χ0n) is 21.1. The number of esters is 2. The molecule has 36 heavy (non-hydrogen) atoms. The van der Waals surface area contributed by atoms with Gasteiger partial charge in [0.15, 0.2) is 11.2 Å². The Kier molecular flexibility index (Phi) is 13.0. The minimum absolute atomic E-state index is 0.0466. The van der Waals surface area contributed by atoms with Crippen molar-refractivity contribution in [1.82, 2.24) is 19.5 Å². The number of carbonyl (C=O) groups is 2. The molecule has 2 rings (SSSR count).